The number of allylic oxidation sites excluding steroid dienone is 2. The first-order valence-electron chi connectivity index (χ1n) is 13.6. The number of quaternary nitrogens is 1. The third-order valence-corrected chi connectivity index (χ3v) is 6.62. The molecule has 0 aliphatic rings. The van der Waals surface area contributed by atoms with Crippen molar-refractivity contribution in [2.75, 3.05) is 47.5 Å². The van der Waals surface area contributed by atoms with Gasteiger partial charge in [0.2, 0.25) is 0 Å². The number of likely N-dealkylation sites (N-methyl/N-ethyl adjacent to an activating group) is 1. The maximum atomic E-state index is 11.9. The Morgan fingerprint density at radius 3 is 2.00 bits per heavy atom. The molecular formula is C26H52NO8P. The summed E-state index contributed by atoms with van der Waals surface area (Å²) in [6, 6.07) is 0. The van der Waals surface area contributed by atoms with Crippen LogP contribution in [0.15, 0.2) is 12.2 Å². The highest BCUT2D eigenvalue weighted by Gasteiger charge is 2.19. The number of ether oxygens (including phenoxy) is 1. The Balaban J connectivity index is 3.71. The highest BCUT2D eigenvalue weighted by atomic mass is 31.2. The molecule has 0 heterocycles. The Kier molecular flexibility index (Phi) is 21.7. The van der Waals surface area contributed by atoms with Gasteiger partial charge in [0, 0.05) is 6.42 Å². The summed E-state index contributed by atoms with van der Waals surface area (Å²) in [5.74, 6) is -0.417. The van der Waals surface area contributed by atoms with Crippen molar-refractivity contribution in [2.45, 2.75) is 103 Å². The van der Waals surface area contributed by atoms with Gasteiger partial charge in [-0.1, -0.05) is 70.4 Å². The SMILES string of the molecule is CCCCCCCC/C=C\CCCCCCCC(=O)OC[C@H](COP(=O)([O-])OCC[N+](C)(C)C)OO. The Morgan fingerprint density at radius 1 is 0.889 bits per heavy atom. The van der Waals surface area contributed by atoms with Crippen molar-refractivity contribution in [1.29, 1.82) is 0 Å². The maximum Gasteiger partial charge on any atom is 0.305 e. The molecule has 0 saturated heterocycles. The van der Waals surface area contributed by atoms with E-state index in [1.54, 1.807) is 0 Å². The topological polar surface area (TPSA) is 114 Å². The van der Waals surface area contributed by atoms with Crippen LogP contribution in [-0.4, -0.2) is 69.3 Å². The van der Waals surface area contributed by atoms with Gasteiger partial charge < -0.3 is 23.2 Å². The van der Waals surface area contributed by atoms with E-state index < -0.39 is 26.5 Å². The van der Waals surface area contributed by atoms with E-state index in [-0.39, 0.29) is 19.6 Å². The lowest BCUT2D eigenvalue weighted by Crippen LogP contribution is -2.37. The molecule has 0 saturated carbocycles. The molecule has 0 aromatic rings. The van der Waals surface area contributed by atoms with E-state index >= 15 is 0 Å². The zero-order valence-corrected chi connectivity index (χ0v) is 24.1. The van der Waals surface area contributed by atoms with Crippen molar-refractivity contribution < 1.29 is 42.7 Å². The molecule has 0 aliphatic heterocycles. The van der Waals surface area contributed by atoms with Crippen LogP contribution in [0.1, 0.15) is 96.8 Å². The van der Waals surface area contributed by atoms with Gasteiger partial charge in [-0.2, -0.15) is 0 Å². The second-order valence-corrected chi connectivity index (χ2v) is 11.7. The van der Waals surface area contributed by atoms with Crippen molar-refractivity contribution in [3.63, 3.8) is 0 Å². The summed E-state index contributed by atoms with van der Waals surface area (Å²) in [5, 5.41) is 8.92. The number of phosphoric acid groups is 1. The number of phosphoric ester groups is 1. The fourth-order valence-corrected chi connectivity index (χ4v) is 4.07. The summed E-state index contributed by atoms with van der Waals surface area (Å²) in [7, 11) is 1.18. The van der Waals surface area contributed by atoms with Crippen LogP contribution in [0.3, 0.4) is 0 Å². The van der Waals surface area contributed by atoms with Gasteiger partial charge >= 0.3 is 5.97 Å². The zero-order valence-electron chi connectivity index (χ0n) is 23.2. The lowest BCUT2D eigenvalue weighted by molar-refractivity contribution is -0.870. The van der Waals surface area contributed by atoms with E-state index in [9.17, 15) is 14.3 Å². The molecule has 214 valence electrons. The Hall–Kier alpha value is -0.800. The van der Waals surface area contributed by atoms with Gasteiger partial charge in [-0.25, -0.2) is 4.89 Å². The van der Waals surface area contributed by atoms with Gasteiger partial charge in [-0.15, -0.1) is 0 Å². The van der Waals surface area contributed by atoms with Crippen LogP contribution >= 0.6 is 7.82 Å². The van der Waals surface area contributed by atoms with Gasteiger partial charge in [-0.05, 0) is 32.1 Å². The summed E-state index contributed by atoms with van der Waals surface area (Å²) in [5.41, 5.74) is 0. The number of hydrogen-bond acceptors (Lipinski definition) is 8. The third kappa shape index (κ3) is 24.9. The zero-order chi connectivity index (χ0) is 27.1. The Labute approximate surface area is 219 Å². The van der Waals surface area contributed by atoms with E-state index in [0.29, 0.717) is 11.0 Å². The van der Waals surface area contributed by atoms with E-state index in [1.807, 2.05) is 21.1 Å². The summed E-state index contributed by atoms with van der Waals surface area (Å²) < 4.78 is 26.9. The van der Waals surface area contributed by atoms with Crippen molar-refractivity contribution in [3.05, 3.63) is 12.2 Å². The van der Waals surface area contributed by atoms with E-state index in [4.69, 9.17) is 19.0 Å². The van der Waals surface area contributed by atoms with Gasteiger partial charge in [0.05, 0.1) is 27.7 Å². The molecule has 2 atom stereocenters. The van der Waals surface area contributed by atoms with Gasteiger partial charge in [0.1, 0.15) is 19.8 Å². The molecule has 1 unspecified atom stereocenters. The fraction of sp³-hybridized carbons (Fsp3) is 0.885. The molecule has 0 rings (SSSR count). The second kappa shape index (κ2) is 22.2. The normalized spacial score (nSPS) is 14.7. The molecule has 0 bridgehead atoms. The number of unbranched alkanes of at least 4 members (excludes halogenated alkanes) is 11. The first-order chi connectivity index (χ1) is 17.1. The monoisotopic (exact) mass is 537 g/mol. The number of nitrogens with zero attached hydrogens (tertiary/aromatic N) is 1. The molecule has 36 heavy (non-hydrogen) atoms. The van der Waals surface area contributed by atoms with Gasteiger partial charge in [-0.3, -0.25) is 14.6 Å². The van der Waals surface area contributed by atoms with Crippen molar-refractivity contribution >= 4 is 13.8 Å². The summed E-state index contributed by atoms with van der Waals surface area (Å²) in [4.78, 5) is 27.8. The number of hydrogen-bond donors (Lipinski definition) is 1. The summed E-state index contributed by atoms with van der Waals surface area (Å²) >= 11 is 0. The quantitative estimate of drug-likeness (QED) is 0.0303. The first kappa shape index (κ1) is 35.2. The van der Waals surface area contributed by atoms with E-state index in [0.717, 1.165) is 38.5 Å². The largest absolute Gasteiger partial charge is 0.756 e. The van der Waals surface area contributed by atoms with Crippen LogP contribution in [0.4, 0.5) is 0 Å². The first-order valence-corrected chi connectivity index (χ1v) is 15.1. The molecule has 0 fully saturated rings. The molecule has 0 amide bonds. The van der Waals surface area contributed by atoms with Gasteiger partial charge in [0.15, 0.2) is 6.10 Å². The smallest absolute Gasteiger partial charge is 0.305 e. The minimum absolute atomic E-state index is 0.0279. The molecule has 1 N–H and O–H groups in total. The Bertz CT molecular complexity index is 609. The number of esters is 1. The molecule has 0 radical (unpaired) electrons. The third-order valence-electron chi connectivity index (χ3n) is 5.65. The summed E-state index contributed by atoms with van der Waals surface area (Å²) in [6.45, 7) is 1.87. The van der Waals surface area contributed by atoms with E-state index in [1.165, 1.54) is 44.9 Å². The minimum Gasteiger partial charge on any atom is -0.756 e. The van der Waals surface area contributed by atoms with Crippen LogP contribution in [0, 0.1) is 0 Å². The van der Waals surface area contributed by atoms with Crippen molar-refractivity contribution in [1.82, 2.24) is 0 Å². The van der Waals surface area contributed by atoms with Crippen LogP contribution in [0.5, 0.6) is 0 Å². The molecule has 0 aromatic carbocycles. The summed E-state index contributed by atoms with van der Waals surface area (Å²) in [6.07, 6.45) is 19.1. The molecular weight excluding hydrogens is 485 g/mol. The second-order valence-electron chi connectivity index (χ2n) is 10.3. The number of carbonyl (C=O) groups is 1. The predicted octanol–water partition coefficient (Wildman–Crippen LogP) is 5.63. The lowest BCUT2D eigenvalue weighted by atomic mass is 10.1. The van der Waals surface area contributed by atoms with Crippen LogP contribution < -0.4 is 4.89 Å². The predicted molar refractivity (Wildman–Crippen MR) is 140 cm³/mol. The van der Waals surface area contributed by atoms with Crippen molar-refractivity contribution in [2.24, 2.45) is 0 Å². The molecule has 0 aliphatic carbocycles. The van der Waals surface area contributed by atoms with E-state index in [2.05, 4.69) is 24.0 Å². The number of carbonyl (C=O) groups excluding carboxylic acids is 1. The van der Waals surface area contributed by atoms with Crippen LogP contribution in [0.2, 0.25) is 0 Å². The molecule has 9 nitrogen and oxygen atoms in total. The van der Waals surface area contributed by atoms with Gasteiger partial charge in [0.25, 0.3) is 7.82 Å². The highest BCUT2D eigenvalue weighted by Crippen LogP contribution is 2.38. The fourth-order valence-electron chi connectivity index (χ4n) is 3.35. The Morgan fingerprint density at radius 2 is 1.44 bits per heavy atom. The molecule has 10 heteroatoms. The van der Waals surface area contributed by atoms with Crippen LogP contribution in [-0.2, 0) is 28.0 Å². The minimum atomic E-state index is -4.54. The molecule has 0 spiro atoms. The lowest BCUT2D eigenvalue weighted by Gasteiger charge is -2.27. The average molecular weight is 538 g/mol. The van der Waals surface area contributed by atoms with Crippen LogP contribution in [0.25, 0.3) is 0 Å². The highest BCUT2D eigenvalue weighted by molar-refractivity contribution is 7.45. The molecule has 0 aromatic heterocycles. The average Bonchev–Trinajstić information content (AvgIpc) is 2.80. The maximum absolute atomic E-state index is 11.9. The standard InChI is InChI=1S/C26H52NO8P/c1-5-6-7-8-9-10-11-12-13-14-15-16-17-18-19-20-26(28)32-23-25(35-29)24-34-36(30,31)33-22-21-27(2,3)4/h12-13,25H,5-11,14-24H2,1-4H3,(H-,29,30,31)/b13-12-/t25-/m1/s1. The number of rotatable bonds is 25. The van der Waals surface area contributed by atoms with Crippen molar-refractivity contribution in [3.8, 4) is 0 Å².